The van der Waals surface area contributed by atoms with Gasteiger partial charge in [-0.1, -0.05) is 6.58 Å². The molecule has 0 aliphatic carbocycles. The summed E-state index contributed by atoms with van der Waals surface area (Å²) in [7, 11) is 1.58. The first kappa shape index (κ1) is 9.45. The fourth-order valence-electron chi connectivity index (χ4n) is 1.04. The molecule has 0 aliphatic rings. The Hall–Kier alpha value is -1.64. The molecule has 3 nitrogen and oxygen atoms in total. The fourth-order valence-corrected chi connectivity index (χ4v) is 1.04. The summed E-state index contributed by atoms with van der Waals surface area (Å²) in [5, 5.41) is 2.52. The highest BCUT2D eigenvalue weighted by atomic mass is 16.1. The number of hydrogen-bond acceptors (Lipinski definition) is 2. The lowest BCUT2D eigenvalue weighted by Gasteiger charge is -2.02. The van der Waals surface area contributed by atoms with Crippen molar-refractivity contribution in [1.82, 2.24) is 10.3 Å². The van der Waals surface area contributed by atoms with Crippen LogP contribution in [0.3, 0.4) is 0 Å². The van der Waals surface area contributed by atoms with Gasteiger partial charge in [0.05, 0.1) is 5.69 Å². The van der Waals surface area contributed by atoms with E-state index in [-0.39, 0.29) is 5.91 Å². The molecule has 0 fully saturated rings. The molecular formula is C10H12N2O. The topological polar surface area (TPSA) is 42.0 Å². The van der Waals surface area contributed by atoms with E-state index in [1.807, 2.05) is 13.0 Å². The first-order valence-corrected chi connectivity index (χ1v) is 4.00. The Labute approximate surface area is 77.5 Å². The fraction of sp³-hybridized carbons (Fsp3) is 0.200. The van der Waals surface area contributed by atoms with E-state index in [9.17, 15) is 4.79 Å². The average molecular weight is 176 g/mol. The van der Waals surface area contributed by atoms with Gasteiger partial charge >= 0.3 is 0 Å². The van der Waals surface area contributed by atoms with Crippen LogP contribution in [0.1, 0.15) is 21.7 Å². The maximum atomic E-state index is 11.2. The van der Waals surface area contributed by atoms with Crippen molar-refractivity contribution in [2.75, 3.05) is 7.05 Å². The summed E-state index contributed by atoms with van der Waals surface area (Å²) in [5.74, 6) is -0.174. The molecule has 68 valence electrons. The van der Waals surface area contributed by atoms with Crippen LogP contribution in [0.4, 0.5) is 0 Å². The van der Waals surface area contributed by atoms with Gasteiger partial charge in [0.25, 0.3) is 5.91 Å². The third-order valence-corrected chi connectivity index (χ3v) is 1.66. The number of aromatic nitrogens is 1. The van der Waals surface area contributed by atoms with Crippen LogP contribution in [0.25, 0.3) is 6.08 Å². The molecule has 3 heteroatoms. The van der Waals surface area contributed by atoms with E-state index in [4.69, 9.17) is 0 Å². The van der Waals surface area contributed by atoms with Crippen LogP contribution in [-0.2, 0) is 0 Å². The van der Waals surface area contributed by atoms with Crippen LogP contribution in [0.2, 0.25) is 0 Å². The second-order valence-corrected chi connectivity index (χ2v) is 2.74. The average Bonchev–Trinajstić information content (AvgIpc) is 2.15. The van der Waals surface area contributed by atoms with Gasteiger partial charge in [-0.2, -0.15) is 0 Å². The zero-order chi connectivity index (χ0) is 9.84. The summed E-state index contributed by atoms with van der Waals surface area (Å²) in [6.07, 6.45) is 1.62. The van der Waals surface area contributed by atoms with E-state index in [0.717, 1.165) is 11.3 Å². The van der Waals surface area contributed by atoms with Crippen LogP contribution in [-0.4, -0.2) is 17.9 Å². The molecule has 0 saturated carbocycles. The van der Waals surface area contributed by atoms with Crippen molar-refractivity contribution in [3.8, 4) is 0 Å². The minimum atomic E-state index is -0.174. The third-order valence-electron chi connectivity index (χ3n) is 1.66. The molecule has 0 aliphatic heterocycles. The smallest absolute Gasteiger partial charge is 0.269 e. The Balaban J connectivity index is 3.15. The third kappa shape index (κ3) is 2.15. The number of aryl methyl sites for hydroxylation is 1. The van der Waals surface area contributed by atoms with Gasteiger partial charge in [-0.25, -0.2) is 4.98 Å². The Morgan fingerprint density at radius 3 is 2.85 bits per heavy atom. The second kappa shape index (κ2) is 3.85. The van der Waals surface area contributed by atoms with Gasteiger partial charge in [0, 0.05) is 7.05 Å². The van der Waals surface area contributed by atoms with Crippen molar-refractivity contribution >= 4 is 12.0 Å². The number of carbonyl (C=O) groups excluding carboxylic acids is 1. The van der Waals surface area contributed by atoms with Gasteiger partial charge in [0.2, 0.25) is 0 Å². The molecular weight excluding hydrogens is 164 g/mol. The van der Waals surface area contributed by atoms with Gasteiger partial charge in [-0.3, -0.25) is 4.79 Å². The van der Waals surface area contributed by atoms with Gasteiger partial charge in [-0.05, 0) is 30.7 Å². The molecule has 0 spiro atoms. The standard InChI is InChI=1S/C10H12N2O/c1-4-8-5-7(2)6-9(12-8)10(13)11-3/h4-6H,1H2,2-3H3,(H,11,13). The first-order chi connectivity index (χ1) is 6.17. The molecule has 0 atom stereocenters. The largest absolute Gasteiger partial charge is 0.354 e. The predicted octanol–water partition coefficient (Wildman–Crippen LogP) is 1.39. The SMILES string of the molecule is C=Cc1cc(C)cc(C(=O)NC)n1. The number of amides is 1. The molecule has 0 radical (unpaired) electrons. The molecule has 0 saturated heterocycles. The molecule has 0 unspecified atom stereocenters. The van der Waals surface area contributed by atoms with Crippen LogP contribution in [0, 0.1) is 6.92 Å². The van der Waals surface area contributed by atoms with Crippen molar-refractivity contribution < 1.29 is 4.79 Å². The van der Waals surface area contributed by atoms with Crippen molar-refractivity contribution in [3.05, 3.63) is 35.7 Å². The van der Waals surface area contributed by atoms with E-state index in [1.54, 1.807) is 19.2 Å². The van der Waals surface area contributed by atoms with Crippen molar-refractivity contribution in [1.29, 1.82) is 0 Å². The Morgan fingerprint density at radius 1 is 1.62 bits per heavy atom. The van der Waals surface area contributed by atoms with Crippen molar-refractivity contribution in [2.45, 2.75) is 6.92 Å². The second-order valence-electron chi connectivity index (χ2n) is 2.74. The Bertz CT molecular complexity index is 345. The normalized spacial score (nSPS) is 9.38. The van der Waals surface area contributed by atoms with Crippen LogP contribution >= 0.6 is 0 Å². The summed E-state index contributed by atoms with van der Waals surface area (Å²) < 4.78 is 0. The van der Waals surface area contributed by atoms with E-state index < -0.39 is 0 Å². The van der Waals surface area contributed by atoms with E-state index in [1.165, 1.54) is 0 Å². The number of carbonyl (C=O) groups is 1. The first-order valence-electron chi connectivity index (χ1n) is 4.00. The molecule has 0 bridgehead atoms. The van der Waals surface area contributed by atoms with E-state index in [0.29, 0.717) is 5.69 Å². The number of nitrogens with one attached hydrogen (secondary N) is 1. The van der Waals surface area contributed by atoms with Gasteiger partial charge < -0.3 is 5.32 Å². The van der Waals surface area contributed by atoms with Gasteiger partial charge in [0.15, 0.2) is 0 Å². The van der Waals surface area contributed by atoms with E-state index in [2.05, 4.69) is 16.9 Å². The monoisotopic (exact) mass is 176 g/mol. The maximum Gasteiger partial charge on any atom is 0.269 e. The highest BCUT2D eigenvalue weighted by Gasteiger charge is 2.05. The molecule has 1 aromatic heterocycles. The Kier molecular flexibility index (Phi) is 2.80. The Morgan fingerprint density at radius 2 is 2.31 bits per heavy atom. The van der Waals surface area contributed by atoms with Gasteiger partial charge in [0.1, 0.15) is 5.69 Å². The lowest BCUT2D eigenvalue weighted by atomic mass is 10.2. The zero-order valence-corrected chi connectivity index (χ0v) is 7.79. The minimum absolute atomic E-state index is 0.174. The summed E-state index contributed by atoms with van der Waals surface area (Å²) in [4.78, 5) is 15.3. The minimum Gasteiger partial charge on any atom is -0.354 e. The number of nitrogens with zero attached hydrogens (tertiary/aromatic N) is 1. The number of hydrogen-bond donors (Lipinski definition) is 1. The molecule has 13 heavy (non-hydrogen) atoms. The summed E-state index contributed by atoms with van der Waals surface area (Å²) in [6.45, 7) is 5.52. The summed E-state index contributed by atoms with van der Waals surface area (Å²) >= 11 is 0. The summed E-state index contributed by atoms with van der Waals surface area (Å²) in [6, 6.07) is 3.62. The molecule has 1 amide bonds. The van der Waals surface area contributed by atoms with E-state index >= 15 is 0 Å². The zero-order valence-electron chi connectivity index (χ0n) is 7.79. The van der Waals surface area contributed by atoms with Gasteiger partial charge in [-0.15, -0.1) is 0 Å². The predicted molar refractivity (Wildman–Crippen MR) is 52.5 cm³/mol. The highest BCUT2D eigenvalue weighted by molar-refractivity contribution is 5.92. The van der Waals surface area contributed by atoms with Crippen LogP contribution in [0.5, 0.6) is 0 Å². The van der Waals surface area contributed by atoms with Crippen molar-refractivity contribution in [3.63, 3.8) is 0 Å². The number of rotatable bonds is 2. The summed E-state index contributed by atoms with van der Waals surface area (Å²) in [5.41, 5.74) is 2.15. The lowest BCUT2D eigenvalue weighted by Crippen LogP contribution is -2.19. The highest BCUT2D eigenvalue weighted by Crippen LogP contribution is 2.05. The quantitative estimate of drug-likeness (QED) is 0.740. The molecule has 0 aromatic carbocycles. The molecule has 1 heterocycles. The maximum absolute atomic E-state index is 11.2. The lowest BCUT2D eigenvalue weighted by molar-refractivity contribution is 0.0958. The molecule has 1 rings (SSSR count). The molecule has 1 N–H and O–H groups in total. The van der Waals surface area contributed by atoms with Crippen molar-refractivity contribution in [2.24, 2.45) is 0 Å². The van der Waals surface area contributed by atoms with Crippen LogP contribution < -0.4 is 5.32 Å². The molecule has 1 aromatic rings. The number of pyridine rings is 1. The van der Waals surface area contributed by atoms with Crippen LogP contribution in [0.15, 0.2) is 18.7 Å².